The second-order valence-electron chi connectivity index (χ2n) is 4.49. The largest absolute Gasteiger partial charge is 0.311 e. The van der Waals surface area contributed by atoms with Gasteiger partial charge in [-0.25, -0.2) is 4.39 Å². The van der Waals surface area contributed by atoms with Crippen LogP contribution < -0.4 is 5.32 Å². The van der Waals surface area contributed by atoms with Crippen molar-refractivity contribution in [1.82, 2.24) is 10.2 Å². The van der Waals surface area contributed by atoms with Crippen LogP contribution in [0.4, 0.5) is 4.39 Å². The lowest BCUT2D eigenvalue weighted by Crippen LogP contribution is -2.33. The molecule has 0 aliphatic carbocycles. The second-order valence-corrected chi connectivity index (χ2v) is 5.40. The molecule has 0 radical (unpaired) electrons. The first kappa shape index (κ1) is 14.6. The van der Waals surface area contributed by atoms with Gasteiger partial charge in [0.1, 0.15) is 5.82 Å². The van der Waals surface area contributed by atoms with Gasteiger partial charge in [-0.05, 0) is 33.0 Å². The van der Waals surface area contributed by atoms with Crippen molar-refractivity contribution in [2.45, 2.75) is 26.4 Å². The molecule has 0 heterocycles. The van der Waals surface area contributed by atoms with E-state index in [9.17, 15) is 4.39 Å². The first-order valence-electron chi connectivity index (χ1n) is 5.85. The number of rotatable bonds is 6. The van der Waals surface area contributed by atoms with Crippen molar-refractivity contribution >= 4 is 15.9 Å². The fourth-order valence-electron chi connectivity index (χ4n) is 1.40. The van der Waals surface area contributed by atoms with Crippen LogP contribution in [0.15, 0.2) is 22.7 Å². The molecular formula is C13H20BrFN2. The van der Waals surface area contributed by atoms with Gasteiger partial charge in [0.2, 0.25) is 0 Å². The lowest BCUT2D eigenvalue weighted by Gasteiger charge is -2.20. The van der Waals surface area contributed by atoms with E-state index in [1.807, 2.05) is 6.07 Å². The Hall–Kier alpha value is -0.450. The number of hydrogen-bond donors (Lipinski definition) is 1. The first-order chi connectivity index (χ1) is 8.00. The van der Waals surface area contributed by atoms with Crippen LogP contribution in [0.25, 0.3) is 0 Å². The minimum atomic E-state index is -0.163. The predicted molar refractivity (Wildman–Crippen MR) is 73.6 cm³/mol. The Morgan fingerprint density at radius 1 is 1.41 bits per heavy atom. The Labute approximate surface area is 111 Å². The molecule has 0 atom stereocenters. The van der Waals surface area contributed by atoms with Crippen LogP contribution in [-0.2, 0) is 6.54 Å². The average molecular weight is 303 g/mol. The van der Waals surface area contributed by atoms with Crippen LogP contribution in [0.3, 0.4) is 0 Å². The van der Waals surface area contributed by atoms with Crippen molar-refractivity contribution in [3.63, 3.8) is 0 Å². The topological polar surface area (TPSA) is 15.3 Å². The van der Waals surface area contributed by atoms with Crippen molar-refractivity contribution in [2.75, 3.05) is 20.1 Å². The fourth-order valence-corrected chi connectivity index (χ4v) is 1.73. The minimum absolute atomic E-state index is 0.163. The summed E-state index contributed by atoms with van der Waals surface area (Å²) >= 11 is 3.25. The van der Waals surface area contributed by atoms with Crippen molar-refractivity contribution in [1.29, 1.82) is 0 Å². The third-order valence-corrected chi connectivity index (χ3v) is 3.35. The van der Waals surface area contributed by atoms with Crippen molar-refractivity contribution in [3.05, 3.63) is 34.1 Å². The average Bonchev–Trinajstić information content (AvgIpc) is 2.26. The van der Waals surface area contributed by atoms with E-state index in [-0.39, 0.29) is 5.82 Å². The smallest absolute Gasteiger partial charge is 0.128 e. The summed E-state index contributed by atoms with van der Waals surface area (Å²) in [5.74, 6) is -0.163. The van der Waals surface area contributed by atoms with Gasteiger partial charge in [0.15, 0.2) is 0 Å². The van der Waals surface area contributed by atoms with Crippen LogP contribution in [0.1, 0.15) is 19.4 Å². The van der Waals surface area contributed by atoms with Gasteiger partial charge in [-0.2, -0.15) is 0 Å². The van der Waals surface area contributed by atoms with Crippen LogP contribution in [0, 0.1) is 5.82 Å². The molecular weight excluding hydrogens is 283 g/mol. The summed E-state index contributed by atoms with van der Waals surface area (Å²) in [4.78, 5) is 2.25. The molecule has 0 amide bonds. The van der Waals surface area contributed by atoms with E-state index in [0.29, 0.717) is 18.2 Å². The maximum Gasteiger partial charge on any atom is 0.128 e. The molecule has 0 saturated heterocycles. The minimum Gasteiger partial charge on any atom is -0.311 e. The number of likely N-dealkylation sites (N-methyl/N-ethyl adjacent to an activating group) is 1. The van der Waals surface area contributed by atoms with Gasteiger partial charge in [-0.1, -0.05) is 22.0 Å². The van der Waals surface area contributed by atoms with Gasteiger partial charge >= 0.3 is 0 Å². The standard InChI is InChI=1S/C13H20BrFN2/c1-10(2)17(3)7-6-16-9-11-4-5-12(14)8-13(11)15/h4-5,8,10,16H,6-7,9H2,1-3H3. The van der Waals surface area contributed by atoms with Crippen LogP contribution in [0.2, 0.25) is 0 Å². The van der Waals surface area contributed by atoms with Crippen LogP contribution in [0.5, 0.6) is 0 Å². The maximum absolute atomic E-state index is 13.5. The number of benzene rings is 1. The lowest BCUT2D eigenvalue weighted by molar-refractivity contribution is 0.273. The lowest BCUT2D eigenvalue weighted by atomic mass is 10.2. The Balaban J connectivity index is 2.31. The molecule has 0 aliphatic rings. The van der Waals surface area contributed by atoms with E-state index in [0.717, 1.165) is 17.6 Å². The molecule has 1 aromatic carbocycles. The van der Waals surface area contributed by atoms with E-state index >= 15 is 0 Å². The van der Waals surface area contributed by atoms with Crippen LogP contribution >= 0.6 is 15.9 Å². The highest BCUT2D eigenvalue weighted by molar-refractivity contribution is 9.10. The zero-order valence-corrected chi connectivity index (χ0v) is 12.2. The molecule has 17 heavy (non-hydrogen) atoms. The fraction of sp³-hybridized carbons (Fsp3) is 0.538. The quantitative estimate of drug-likeness (QED) is 0.813. The third kappa shape index (κ3) is 5.15. The highest BCUT2D eigenvalue weighted by Crippen LogP contribution is 2.14. The van der Waals surface area contributed by atoms with E-state index in [1.165, 1.54) is 6.07 Å². The number of hydrogen-bond acceptors (Lipinski definition) is 2. The van der Waals surface area contributed by atoms with Gasteiger partial charge in [0.25, 0.3) is 0 Å². The highest BCUT2D eigenvalue weighted by Gasteiger charge is 2.04. The first-order valence-corrected chi connectivity index (χ1v) is 6.65. The number of nitrogens with zero attached hydrogens (tertiary/aromatic N) is 1. The van der Waals surface area contributed by atoms with Gasteiger partial charge in [0.05, 0.1) is 0 Å². The molecule has 96 valence electrons. The maximum atomic E-state index is 13.5. The summed E-state index contributed by atoms with van der Waals surface area (Å²) in [6.45, 7) is 6.73. The Morgan fingerprint density at radius 2 is 2.12 bits per heavy atom. The third-order valence-electron chi connectivity index (χ3n) is 2.85. The molecule has 1 rings (SSSR count). The number of nitrogens with one attached hydrogen (secondary N) is 1. The zero-order chi connectivity index (χ0) is 12.8. The van der Waals surface area contributed by atoms with Crippen molar-refractivity contribution in [3.8, 4) is 0 Å². The van der Waals surface area contributed by atoms with Gasteiger partial charge < -0.3 is 10.2 Å². The highest BCUT2D eigenvalue weighted by atomic mass is 79.9. The van der Waals surface area contributed by atoms with E-state index in [2.05, 4.69) is 47.0 Å². The summed E-state index contributed by atoms with van der Waals surface area (Å²) in [5, 5.41) is 3.25. The SMILES string of the molecule is CC(C)N(C)CCNCc1ccc(Br)cc1F. The Morgan fingerprint density at radius 3 is 2.71 bits per heavy atom. The second kappa shape index (κ2) is 7.09. The molecule has 0 unspecified atom stereocenters. The molecule has 0 spiro atoms. The van der Waals surface area contributed by atoms with Gasteiger partial charge in [0, 0.05) is 35.7 Å². The molecule has 2 nitrogen and oxygen atoms in total. The van der Waals surface area contributed by atoms with Gasteiger partial charge in [-0.3, -0.25) is 0 Å². The molecule has 1 N–H and O–H groups in total. The molecule has 0 saturated carbocycles. The summed E-state index contributed by atoms with van der Waals surface area (Å²) in [5.41, 5.74) is 0.709. The summed E-state index contributed by atoms with van der Waals surface area (Å²) in [7, 11) is 2.09. The molecule has 0 aromatic heterocycles. The van der Waals surface area contributed by atoms with E-state index in [1.54, 1.807) is 6.07 Å². The molecule has 0 aliphatic heterocycles. The van der Waals surface area contributed by atoms with E-state index < -0.39 is 0 Å². The molecule has 0 fully saturated rings. The Kier molecular flexibility index (Phi) is 6.09. The number of halogens is 2. The summed E-state index contributed by atoms with van der Waals surface area (Å²) < 4.78 is 14.3. The summed E-state index contributed by atoms with van der Waals surface area (Å²) in [6.07, 6.45) is 0. The normalized spacial score (nSPS) is 11.5. The monoisotopic (exact) mass is 302 g/mol. The molecule has 0 bridgehead atoms. The molecule has 4 heteroatoms. The van der Waals surface area contributed by atoms with Crippen molar-refractivity contribution < 1.29 is 4.39 Å². The predicted octanol–water partition coefficient (Wildman–Crippen LogP) is 3.02. The summed E-state index contributed by atoms with van der Waals surface area (Å²) in [6, 6.07) is 5.71. The van der Waals surface area contributed by atoms with Gasteiger partial charge in [-0.15, -0.1) is 0 Å². The zero-order valence-electron chi connectivity index (χ0n) is 10.6. The van der Waals surface area contributed by atoms with E-state index in [4.69, 9.17) is 0 Å². The van der Waals surface area contributed by atoms with Crippen molar-refractivity contribution in [2.24, 2.45) is 0 Å². The van der Waals surface area contributed by atoms with Crippen LogP contribution in [-0.4, -0.2) is 31.1 Å². The Bertz CT molecular complexity index is 355. The molecule has 1 aromatic rings.